The van der Waals surface area contributed by atoms with Crippen molar-refractivity contribution in [3.63, 3.8) is 0 Å². The van der Waals surface area contributed by atoms with E-state index in [2.05, 4.69) is 6.55 Å². The molecule has 0 aliphatic heterocycles. The zero-order valence-corrected chi connectivity index (χ0v) is 4.50. The SMILES string of the molecule is C.C[SiH3].O. The molecule has 0 spiro atoms. The summed E-state index contributed by atoms with van der Waals surface area (Å²) in [5.74, 6) is 0. The van der Waals surface area contributed by atoms with E-state index >= 15 is 0 Å². The second-order valence-electron chi connectivity index (χ2n) is 0. The normalized spacial score (nSPS) is 2.25. The van der Waals surface area contributed by atoms with Gasteiger partial charge >= 0.3 is 0 Å². The van der Waals surface area contributed by atoms with Crippen LogP contribution >= 0.6 is 0 Å². The van der Waals surface area contributed by atoms with Crippen LogP contribution in [0.4, 0.5) is 0 Å². The maximum absolute atomic E-state index is 2.14. The van der Waals surface area contributed by atoms with E-state index in [1.165, 1.54) is 10.2 Å². The Labute approximate surface area is 30.8 Å². The van der Waals surface area contributed by atoms with Gasteiger partial charge in [-0.1, -0.05) is 14.0 Å². The topological polar surface area (TPSA) is 31.5 Å². The summed E-state index contributed by atoms with van der Waals surface area (Å²) in [7, 11) is 1.31. The zero-order valence-electron chi connectivity index (χ0n) is 2.50. The smallest absolute Gasteiger partial charge is 0.000585 e. The number of rotatable bonds is 0. The molecular formula is C2H12OSi. The Hall–Kier alpha value is 0.177. The van der Waals surface area contributed by atoms with Gasteiger partial charge in [0.15, 0.2) is 0 Å². The molecule has 0 heterocycles. The Balaban J connectivity index is -0.00000000500. The summed E-state index contributed by atoms with van der Waals surface area (Å²) in [6, 6.07) is 0. The molecule has 0 aliphatic rings. The number of hydrogen-bond donors (Lipinski definition) is 0. The Bertz CT molecular complexity index is 6.00. The van der Waals surface area contributed by atoms with Gasteiger partial charge in [-0.3, -0.25) is 0 Å². The molecule has 0 aromatic rings. The molecule has 0 amide bonds. The van der Waals surface area contributed by atoms with Crippen molar-refractivity contribution in [3.8, 4) is 0 Å². The van der Waals surface area contributed by atoms with Crippen molar-refractivity contribution < 1.29 is 5.48 Å². The second-order valence-corrected chi connectivity index (χ2v) is 0. The van der Waals surface area contributed by atoms with E-state index in [1.54, 1.807) is 0 Å². The van der Waals surface area contributed by atoms with Crippen molar-refractivity contribution in [2.75, 3.05) is 0 Å². The minimum absolute atomic E-state index is 0. The van der Waals surface area contributed by atoms with Crippen molar-refractivity contribution in [2.45, 2.75) is 14.0 Å². The molecule has 0 unspecified atom stereocenters. The van der Waals surface area contributed by atoms with E-state index in [-0.39, 0.29) is 12.9 Å². The van der Waals surface area contributed by atoms with Crippen molar-refractivity contribution in [1.29, 1.82) is 0 Å². The minimum atomic E-state index is 0. The van der Waals surface area contributed by atoms with E-state index in [9.17, 15) is 0 Å². The maximum atomic E-state index is 2.14. The van der Waals surface area contributed by atoms with Gasteiger partial charge < -0.3 is 5.48 Å². The molecule has 30 valence electrons. The van der Waals surface area contributed by atoms with Crippen LogP contribution in [0.1, 0.15) is 7.43 Å². The van der Waals surface area contributed by atoms with Crippen LogP contribution in [-0.2, 0) is 0 Å². The monoisotopic (exact) mass is 80.1 g/mol. The summed E-state index contributed by atoms with van der Waals surface area (Å²) < 4.78 is 0. The first-order valence-electron chi connectivity index (χ1n) is 1.00. The zero-order chi connectivity index (χ0) is 2.00. The Morgan fingerprint density at radius 3 is 1.25 bits per heavy atom. The van der Waals surface area contributed by atoms with E-state index in [0.29, 0.717) is 0 Å². The highest BCUT2D eigenvalue weighted by atomic mass is 28.1. The average Bonchev–Trinajstić information content (AvgIpc) is 1.00. The molecule has 0 aromatic carbocycles. The fourth-order valence-electron chi connectivity index (χ4n) is 0. The third kappa shape index (κ3) is 96.4. The molecular weight excluding hydrogens is 68.1 g/mol. The fraction of sp³-hybridized carbons (Fsp3) is 1.00. The molecule has 0 bridgehead atoms. The first-order chi connectivity index (χ1) is 1.00. The molecule has 0 aliphatic carbocycles. The van der Waals surface area contributed by atoms with E-state index in [4.69, 9.17) is 0 Å². The molecule has 0 fully saturated rings. The number of hydrogen-bond acceptors (Lipinski definition) is 0. The lowest BCUT2D eigenvalue weighted by Gasteiger charge is -1.04. The highest BCUT2D eigenvalue weighted by Crippen LogP contribution is 0.960. The molecule has 0 radical (unpaired) electrons. The van der Waals surface area contributed by atoms with Gasteiger partial charge in [-0.15, -0.1) is 0 Å². The van der Waals surface area contributed by atoms with Crippen molar-refractivity contribution >= 4 is 10.2 Å². The van der Waals surface area contributed by atoms with Crippen LogP contribution in [0.5, 0.6) is 0 Å². The van der Waals surface area contributed by atoms with Gasteiger partial charge in [0.1, 0.15) is 0 Å². The maximum Gasteiger partial charge on any atom is -0.000585 e. The largest absolute Gasteiger partial charge is 0.412 e. The quantitative estimate of drug-likeness (QED) is 0.342. The van der Waals surface area contributed by atoms with Gasteiger partial charge in [-0.05, 0) is 10.2 Å². The van der Waals surface area contributed by atoms with Crippen LogP contribution in [0.3, 0.4) is 0 Å². The van der Waals surface area contributed by atoms with Crippen molar-refractivity contribution in [1.82, 2.24) is 0 Å². The third-order valence-corrected chi connectivity index (χ3v) is 0. The van der Waals surface area contributed by atoms with Crippen LogP contribution in [0.25, 0.3) is 0 Å². The van der Waals surface area contributed by atoms with Gasteiger partial charge in [0.25, 0.3) is 0 Å². The standard InChI is InChI=1S/CH6Si.CH4.H2O/c1-2;;/h1-2H3;1H4;1H2. The molecule has 0 aromatic heterocycles. The Morgan fingerprint density at radius 1 is 1.25 bits per heavy atom. The van der Waals surface area contributed by atoms with E-state index < -0.39 is 0 Å². The molecule has 0 atom stereocenters. The lowest BCUT2D eigenvalue weighted by atomic mass is 11.9. The van der Waals surface area contributed by atoms with Crippen LogP contribution in [0.2, 0.25) is 6.55 Å². The fourth-order valence-corrected chi connectivity index (χ4v) is 0. The summed E-state index contributed by atoms with van der Waals surface area (Å²) in [6.07, 6.45) is 0. The summed E-state index contributed by atoms with van der Waals surface area (Å²) in [5.41, 5.74) is 0. The highest BCUT2D eigenvalue weighted by molar-refractivity contribution is 6.05. The molecule has 2 N–H and O–H groups in total. The lowest BCUT2D eigenvalue weighted by Crippen LogP contribution is -1.13. The van der Waals surface area contributed by atoms with Crippen LogP contribution in [-0.4, -0.2) is 15.7 Å². The predicted molar refractivity (Wildman–Crippen MR) is 26.1 cm³/mol. The van der Waals surface area contributed by atoms with Crippen LogP contribution in [0, 0.1) is 0 Å². The highest BCUT2D eigenvalue weighted by Gasteiger charge is 0.962. The van der Waals surface area contributed by atoms with E-state index in [1.807, 2.05) is 0 Å². The Kier molecular flexibility index (Phi) is 3660. The van der Waals surface area contributed by atoms with Gasteiger partial charge in [0.05, 0.1) is 0 Å². The lowest BCUT2D eigenvalue weighted by molar-refractivity contribution is 0.824. The summed E-state index contributed by atoms with van der Waals surface area (Å²) in [4.78, 5) is 0. The molecule has 0 rings (SSSR count). The predicted octanol–water partition coefficient (Wildman–Crippen LogP) is -0.789. The van der Waals surface area contributed by atoms with Gasteiger partial charge in [-0.2, -0.15) is 0 Å². The van der Waals surface area contributed by atoms with Gasteiger partial charge in [-0.25, -0.2) is 0 Å². The first kappa shape index (κ1) is 30.4. The minimum Gasteiger partial charge on any atom is -0.412 e. The Morgan fingerprint density at radius 2 is 1.25 bits per heavy atom. The van der Waals surface area contributed by atoms with Crippen molar-refractivity contribution in [2.24, 2.45) is 0 Å². The summed E-state index contributed by atoms with van der Waals surface area (Å²) in [6.45, 7) is 2.14. The summed E-state index contributed by atoms with van der Waals surface area (Å²) >= 11 is 0. The van der Waals surface area contributed by atoms with Gasteiger partial charge in [0.2, 0.25) is 0 Å². The molecule has 4 heavy (non-hydrogen) atoms. The molecule has 2 heteroatoms. The summed E-state index contributed by atoms with van der Waals surface area (Å²) in [5, 5.41) is 0. The van der Waals surface area contributed by atoms with E-state index in [0.717, 1.165) is 0 Å². The second kappa shape index (κ2) is 481. The third-order valence-electron chi connectivity index (χ3n) is 0. The molecule has 1 nitrogen and oxygen atoms in total. The molecule has 0 saturated heterocycles. The molecule has 0 saturated carbocycles. The van der Waals surface area contributed by atoms with Gasteiger partial charge in [0, 0.05) is 0 Å². The van der Waals surface area contributed by atoms with Crippen LogP contribution in [0.15, 0.2) is 0 Å². The van der Waals surface area contributed by atoms with Crippen molar-refractivity contribution in [3.05, 3.63) is 0 Å². The van der Waals surface area contributed by atoms with Crippen LogP contribution < -0.4 is 0 Å². The first-order valence-corrected chi connectivity index (χ1v) is 3.00. The average molecular weight is 80.2 g/mol.